The summed E-state index contributed by atoms with van der Waals surface area (Å²) in [5, 5.41) is 3.13. The molecule has 1 aromatic rings. The van der Waals surface area contributed by atoms with E-state index in [0.717, 1.165) is 57.5 Å². The molecule has 1 saturated heterocycles. The van der Waals surface area contributed by atoms with E-state index in [2.05, 4.69) is 48.1 Å². The maximum absolute atomic E-state index is 12.3. The lowest BCUT2D eigenvalue weighted by Crippen LogP contribution is -2.43. The zero-order valence-electron chi connectivity index (χ0n) is 14.8. The van der Waals surface area contributed by atoms with Gasteiger partial charge in [0.15, 0.2) is 0 Å². The first kappa shape index (κ1) is 18.0. The van der Waals surface area contributed by atoms with Crippen molar-refractivity contribution < 1.29 is 4.79 Å². The fourth-order valence-corrected chi connectivity index (χ4v) is 3.02. The molecule has 1 atom stereocenters. The number of carbonyl (C=O) groups is 1. The summed E-state index contributed by atoms with van der Waals surface area (Å²) in [5.41, 5.74) is 2.05. The van der Waals surface area contributed by atoms with Crippen molar-refractivity contribution in [1.82, 2.24) is 15.1 Å². The van der Waals surface area contributed by atoms with Gasteiger partial charge >= 0.3 is 0 Å². The number of rotatable bonds is 7. The second kappa shape index (κ2) is 9.04. The Morgan fingerprint density at radius 1 is 1.13 bits per heavy atom. The highest BCUT2D eigenvalue weighted by Gasteiger charge is 2.15. The number of hydrogen-bond donors (Lipinski definition) is 1. The smallest absolute Gasteiger partial charge is 0.251 e. The summed E-state index contributed by atoms with van der Waals surface area (Å²) in [5.74, 6) is 0.0523. The predicted octanol–water partition coefficient (Wildman–Crippen LogP) is 2.74. The van der Waals surface area contributed by atoms with Gasteiger partial charge in [-0.15, -0.1) is 0 Å². The highest BCUT2D eigenvalue weighted by atomic mass is 16.1. The molecule has 128 valence electrons. The molecule has 1 aliphatic rings. The van der Waals surface area contributed by atoms with Crippen LogP contribution in [0.3, 0.4) is 0 Å². The summed E-state index contributed by atoms with van der Waals surface area (Å²) >= 11 is 0. The Morgan fingerprint density at radius 3 is 2.35 bits per heavy atom. The molecular formula is C19H31N3O. The van der Waals surface area contributed by atoms with Crippen LogP contribution in [0.1, 0.15) is 49.0 Å². The highest BCUT2D eigenvalue weighted by molar-refractivity contribution is 5.94. The van der Waals surface area contributed by atoms with E-state index in [-0.39, 0.29) is 11.9 Å². The van der Waals surface area contributed by atoms with Gasteiger partial charge in [0, 0.05) is 44.3 Å². The number of carbonyl (C=O) groups excluding carboxylic acids is 1. The van der Waals surface area contributed by atoms with Gasteiger partial charge in [-0.05, 0) is 37.6 Å². The van der Waals surface area contributed by atoms with Crippen molar-refractivity contribution in [2.24, 2.45) is 0 Å². The zero-order chi connectivity index (χ0) is 16.7. The van der Waals surface area contributed by atoms with Crippen molar-refractivity contribution in [2.75, 3.05) is 33.2 Å². The number of amides is 1. The molecule has 1 heterocycles. The van der Waals surface area contributed by atoms with Crippen molar-refractivity contribution in [3.05, 3.63) is 35.4 Å². The molecule has 1 aliphatic heterocycles. The van der Waals surface area contributed by atoms with Crippen molar-refractivity contribution >= 4 is 5.91 Å². The Labute approximate surface area is 140 Å². The Balaban J connectivity index is 1.87. The quantitative estimate of drug-likeness (QED) is 0.840. The zero-order valence-corrected chi connectivity index (χ0v) is 14.8. The number of nitrogens with one attached hydrogen (secondary N) is 1. The first-order valence-electron chi connectivity index (χ1n) is 8.93. The summed E-state index contributed by atoms with van der Waals surface area (Å²) in [7, 11) is 2.17. The predicted molar refractivity (Wildman–Crippen MR) is 95.7 cm³/mol. The fraction of sp³-hybridized carbons (Fsp3) is 0.632. The van der Waals surface area contributed by atoms with Gasteiger partial charge in [-0.2, -0.15) is 0 Å². The maximum atomic E-state index is 12.3. The minimum absolute atomic E-state index is 0.0523. The van der Waals surface area contributed by atoms with Crippen LogP contribution in [0.4, 0.5) is 0 Å². The van der Waals surface area contributed by atoms with Crippen LogP contribution in [-0.4, -0.2) is 55.0 Å². The van der Waals surface area contributed by atoms with Crippen molar-refractivity contribution in [2.45, 2.75) is 45.7 Å². The maximum Gasteiger partial charge on any atom is 0.251 e. The van der Waals surface area contributed by atoms with E-state index in [4.69, 9.17) is 0 Å². The molecule has 1 aromatic carbocycles. The van der Waals surface area contributed by atoms with E-state index in [9.17, 15) is 4.79 Å². The molecule has 0 aliphatic carbocycles. The molecular weight excluding hydrogens is 286 g/mol. The second-order valence-electron chi connectivity index (χ2n) is 6.64. The lowest BCUT2D eigenvalue weighted by atomic mass is 10.1. The topological polar surface area (TPSA) is 35.6 Å². The Morgan fingerprint density at radius 2 is 1.78 bits per heavy atom. The molecule has 0 saturated carbocycles. The van der Waals surface area contributed by atoms with Crippen LogP contribution in [0.15, 0.2) is 24.3 Å². The number of likely N-dealkylation sites (N-methyl/N-ethyl adjacent to an activating group) is 1. The Bertz CT molecular complexity index is 478. The molecule has 2 rings (SSSR count). The first-order chi connectivity index (χ1) is 11.1. The van der Waals surface area contributed by atoms with Gasteiger partial charge in [0.2, 0.25) is 0 Å². The monoisotopic (exact) mass is 317 g/mol. The second-order valence-corrected chi connectivity index (χ2v) is 6.64. The molecule has 1 amide bonds. The van der Waals surface area contributed by atoms with Crippen LogP contribution in [-0.2, 0) is 6.54 Å². The number of benzene rings is 1. The molecule has 0 spiro atoms. The molecule has 0 radical (unpaired) electrons. The standard InChI is InChI=1S/C19H31N3O/c1-4-6-18(5-2)20-19(23)17-9-7-16(8-10-17)15-22-13-11-21(3)12-14-22/h7-10,18H,4-6,11-15H2,1-3H3,(H,20,23). The molecule has 23 heavy (non-hydrogen) atoms. The van der Waals surface area contributed by atoms with Gasteiger partial charge < -0.3 is 10.2 Å². The van der Waals surface area contributed by atoms with E-state index >= 15 is 0 Å². The van der Waals surface area contributed by atoms with Gasteiger partial charge in [-0.25, -0.2) is 0 Å². The minimum Gasteiger partial charge on any atom is -0.349 e. The summed E-state index contributed by atoms with van der Waals surface area (Å²) in [6.07, 6.45) is 3.13. The Kier molecular flexibility index (Phi) is 7.06. The molecule has 4 nitrogen and oxygen atoms in total. The van der Waals surface area contributed by atoms with Crippen LogP contribution < -0.4 is 5.32 Å². The summed E-state index contributed by atoms with van der Waals surface area (Å²) in [6.45, 7) is 9.76. The average molecular weight is 317 g/mol. The molecule has 0 bridgehead atoms. The fourth-order valence-electron chi connectivity index (χ4n) is 3.02. The summed E-state index contributed by atoms with van der Waals surface area (Å²) in [6, 6.07) is 8.39. The normalized spacial score (nSPS) is 17.9. The van der Waals surface area contributed by atoms with Gasteiger partial charge in [0.25, 0.3) is 5.91 Å². The van der Waals surface area contributed by atoms with Gasteiger partial charge in [0.1, 0.15) is 0 Å². The molecule has 1 fully saturated rings. The van der Waals surface area contributed by atoms with Gasteiger partial charge in [-0.3, -0.25) is 9.69 Å². The summed E-state index contributed by atoms with van der Waals surface area (Å²) < 4.78 is 0. The van der Waals surface area contributed by atoms with E-state index in [1.807, 2.05) is 12.1 Å². The third kappa shape index (κ3) is 5.63. The van der Waals surface area contributed by atoms with Gasteiger partial charge in [0.05, 0.1) is 0 Å². The minimum atomic E-state index is 0.0523. The number of piperazine rings is 1. The number of nitrogens with zero attached hydrogens (tertiary/aromatic N) is 2. The molecule has 4 heteroatoms. The molecule has 1 unspecified atom stereocenters. The van der Waals surface area contributed by atoms with Crippen molar-refractivity contribution in [3.8, 4) is 0 Å². The van der Waals surface area contributed by atoms with Crippen LogP contribution in [0, 0.1) is 0 Å². The summed E-state index contributed by atoms with van der Waals surface area (Å²) in [4.78, 5) is 17.1. The lowest BCUT2D eigenvalue weighted by Gasteiger charge is -2.32. The Hall–Kier alpha value is -1.39. The van der Waals surface area contributed by atoms with Crippen LogP contribution in [0.2, 0.25) is 0 Å². The van der Waals surface area contributed by atoms with E-state index in [1.54, 1.807) is 0 Å². The first-order valence-corrected chi connectivity index (χ1v) is 8.93. The molecule has 1 N–H and O–H groups in total. The van der Waals surface area contributed by atoms with Crippen LogP contribution in [0.5, 0.6) is 0 Å². The third-order valence-electron chi connectivity index (χ3n) is 4.68. The molecule has 0 aromatic heterocycles. The van der Waals surface area contributed by atoms with E-state index in [0.29, 0.717) is 0 Å². The van der Waals surface area contributed by atoms with Crippen LogP contribution >= 0.6 is 0 Å². The SMILES string of the molecule is CCCC(CC)NC(=O)c1ccc(CN2CCN(C)CC2)cc1. The lowest BCUT2D eigenvalue weighted by molar-refractivity contribution is 0.0933. The number of hydrogen-bond acceptors (Lipinski definition) is 3. The van der Waals surface area contributed by atoms with Crippen molar-refractivity contribution in [1.29, 1.82) is 0 Å². The third-order valence-corrected chi connectivity index (χ3v) is 4.68. The highest BCUT2D eigenvalue weighted by Crippen LogP contribution is 2.11. The largest absolute Gasteiger partial charge is 0.349 e. The van der Waals surface area contributed by atoms with Gasteiger partial charge in [-0.1, -0.05) is 32.4 Å². The van der Waals surface area contributed by atoms with Crippen molar-refractivity contribution in [3.63, 3.8) is 0 Å². The van der Waals surface area contributed by atoms with E-state index < -0.39 is 0 Å². The van der Waals surface area contributed by atoms with E-state index in [1.165, 1.54) is 5.56 Å². The van der Waals surface area contributed by atoms with Crippen LogP contribution in [0.25, 0.3) is 0 Å². The average Bonchev–Trinajstić information content (AvgIpc) is 2.57.